The van der Waals surface area contributed by atoms with Crippen LogP contribution < -0.4 is 5.32 Å². The van der Waals surface area contributed by atoms with E-state index in [0.717, 1.165) is 0 Å². The number of benzene rings is 1. The van der Waals surface area contributed by atoms with Crippen LogP contribution in [0, 0.1) is 6.92 Å². The van der Waals surface area contributed by atoms with Crippen molar-refractivity contribution in [2.24, 2.45) is 0 Å². The van der Waals surface area contributed by atoms with Gasteiger partial charge in [-0.25, -0.2) is 13.2 Å². The molecule has 1 saturated heterocycles. The topological polar surface area (TPSA) is 75.7 Å². The number of hydrogen-bond donors (Lipinski definition) is 1. The second-order valence-corrected chi connectivity index (χ2v) is 7.43. The molecule has 23 heavy (non-hydrogen) atoms. The number of hydrogen-bond acceptors (Lipinski definition) is 5. The van der Waals surface area contributed by atoms with Crippen LogP contribution in [-0.4, -0.2) is 51.0 Å². The number of carbonyl (C=O) groups excluding carboxylic acids is 1. The second-order valence-electron chi connectivity index (χ2n) is 5.57. The van der Waals surface area contributed by atoms with Crippen molar-refractivity contribution >= 4 is 28.4 Å². The minimum atomic E-state index is -3.65. The van der Waals surface area contributed by atoms with Crippen molar-refractivity contribution in [3.63, 3.8) is 0 Å². The highest BCUT2D eigenvalue weighted by atomic mass is 35.5. The van der Waals surface area contributed by atoms with Crippen LogP contribution in [0.1, 0.15) is 29.8 Å². The Morgan fingerprint density at radius 2 is 2.00 bits per heavy atom. The molecule has 2 unspecified atom stereocenters. The molecule has 1 aromatic rings. The van der Waals surface area contributed by atoms with E-state index in [0.29, 0.717) is 18.7 Å². The van der Waals surface area contributed by atoms with Crippen LogP contribution in [0.15, 0.2) is 23.1 Å². The molecule has 1 aliphatic heterocycles. The molecule has 0 spiro atoms. The van der Waals surface area contributed by atoms with Crippen molar-refractivity contribution in [2.75, 3.05) is 20.2 Å². The summed E-state index contributed by atoms with van der Waals surface area (Å²) in [6.07, 6.45) is 0. The Morgan fingerprint density at radius 3 is 2.61 bits per heavy atom. The Bertz CT molecular complexity index is 678. The lowest BCUT2D eigenvalue weighted by molar-refractivity contribution is 0.0600. The first-order valence-electron chi connectivity index (χ1n) is 7.23. The zero-order chi connectivity index (χ0) is 16.5. The molecule has 2 atom stereocenters. The number of piperazine rings is 1. The number of esters is 1. The highest BCUT2D eigenvalue weighted by Gasteiger charge is 2.35. The molecule has 130 valence electrons. The first-order valence-corrected chi connectivity index (χ1v) is 8.67. The van der Waals surface area contributed by atoms with Crippen LogP contribution in [0.4, 0.5) is 0 Å². The van der Waals surface area contributed by atoms with Crippen LogP contribution in [-0.2, 0) is 14.8 Å². The number of aryl methyl sites for hydroxylation is 1. The zero-order valence-electron chi connectivity index (χ0n) is 13.7. The molecule has 0 bridgehead atoms. The Hall–Kier alpha value is -1.15. The maximum Gasteiger partial charge on any atom is 0.337 e. The predicted octanol–water partition coefficient (Wildman–Crippen LogP) is 1.57. The molecule has 6 nitrogen and oxygen atoms in total. The molecule has 0 amide bonds. The van der Waals surface area contributed by atoms with E-state index in [1.807, 2.05) is 13.8 Å². The Labute approximate surface area is 143 Å². The lowest BCUT2D eigenvalue weighted by Gasteiger charge is -2.37. The van der Waals surface area contributed by atoms with Gasteiger partial charge in [-0.3, -0.25) is 0 Å². The normalized spacial score (nSPS) is 22.3. The van der Waals surface area contributed by atoms with Crippen LogP contribution in [0.3, 0.4) is 0 Å². The smallest absolute Gasteiger partial charge is 0.337 e. The number of nitrogens with one attached hydrogen (secondary N) is 1. The third kappa shape index (κ3) is 3.85. The van der Waals surface area contributed by atoms with Crippen molar-refractivity contribution < 1.29 is 17.9 Å². The van der Waals surface area contributed by atoms with Gasteiger partial charge in [0.15, 0.2) is 0 Å². The van der Waals surface area contributed by atoms with Crippen LogP contribution in [0.5, 0.6) is 0 Å². The van der Waals surface area contributed by atoms with Gasteiger partial charge in [-0.05, 0) is 38.5 Å². The van der Waals surface area contributed by atoms with Gasteiger partial charge in [0.1, 0.15) is 0 Å². The van der Waals surface area contributed by atoms with E-state index in [4.69, 9.17) is 0 Å². The lowest BCUT2D eigenvalue weighted by Crippen LogP contribution is -2.57. The van der Waals surface area contributed by atoms with Gasteiger partial charge in [0.2, 0.25) is 10.0 Å². The number of nitrogens with zero attached hydrogens (tertiary/aromatic N) is 1. The number of sulfonamides is 1. The molecular formula is C15H23ClN2O4S. The number of methoxy groups -OCH3 is 1. The second kappa shape index (κ2) is 7.61. The number of ether oxygens (including phenoxy) is 1. The molecule has 0 radical (unpaired) electrons. The van der Waals surface area contributed by atoms with E-state index < -0.39 is 16.0 Å². The van der Waals surface area contributed by atoms with E-state index in [9.17, 15) is 13.2 Å². The van der Waals surface area contributed by atoms with Crippen molar-refractivity contribution in [3.8, 4) is 0 Å². The van der Waals surface area contributed by atoms with Gasteiger partial charge in [-0.15, -0.1) is 12.4 Å². The third-order valence-corrected chi connectivity index (χ3v) is 6.30. The summed E-state index contributed by atoms with van der Waals surface area (Å²) in [6, 6.07) is 4.53. The summed E-state index contributed by atoms with van der Waals surface area (Å²) in [4.78, 5) is 11.8. The highest BCUT2D eigenvalue weighted by molar-refractivity contribution is 7.89. The maximum atomic E-state index is 13.0. The standard InChI is InChI=1S/C15H22N2O4S.ClH/c1-10-5-6-13(15(18)21-4)9-14(10)22(19,20)17-8-7-16-11(2)12(17)3;/h5-6,9,11-12,16H,7-8H2,1-4H3;1H. The van der Waals surface area contributed by atoms with Crippen molar-refractivity contribution in [3.05, 3.63) is 29.3 Å². The third-order valence-electron chi connectivity index (χ3n) is 4.17. The summed E-state index contributed by atoms with van der Waals surface area (Å²) in [6.45, 7) is 6.60. The molecule has 1 aromatic carbocycles. The Kier molecular flexibility index (Phi) is 6.59. The van der Waals surface area contributed by atoms with Gasteiger partial charge in [-0.2, -0.15) is 4.31 Å². The van der Waals surface area contributed by atoms with Gasteiger partial charge < -0.3 is 10.1 Å². The van der Waals surface area contributed by atoms with Gasteiger partial charge >= 0.3 is 5.97 Å². The van der Waals surface area contributed by atoms with Gasteiger partial charge in [0.25, 0.3) is 0 Å². The first-order chi connectivity index (χ1) is 10.3. The molecule has 0 saturated carbocycles. The van der Waals surface area contributed by atoms with Crippen molar-refractivity contribution in [1.29, 1.82) is 0 Å². The fourth-order valence-electron chi connectivity index (χ4n) is 2.61. The summed E-state index contributed by atoms with van der Waals surface area (Å²) < 4.78 is 32.1. The minimum Gasteiger partial charge on any atom is -0.465 e. The van der Waals surface area contributed by atoms with Crippen LogP contribution in [0.25, 0.3) is 0 Å². The molecule has 0 aromatic heterocycles. The molecule has 1 fully saturated rings. The average molecular weight is 363 g/mol. The summed E-state index contributed by atoms with van der Waals surface area (Å²) in [5.41, 5.74) is 0.855. The van der Waals surface area contributed by atoms with E-state index >= 15 is 0 Å². The largest absolute Gasteiger partial charge is 0.465 e. The molecule has 2 rings (SSSR count). The van der Waals surface area contributed by atoms with Crippen LogP contribution >= 0.6 is 12.4 Å². The predicted molar refractivity (Wildman–Crippen MR) is 90.6 cm³/mol. The van der Waals surface area contributed by atoms with E-state index in [-0.39, 0.29) is 34.9 Å². The van der Waals surface area contributed by atoms with E-state index in [1.165, 1.54) is 17.5 Å². The summed E-state index contributed by atoms with van der Waals surface area (Å²) in [7, 11) is -2.38. The Balaban J connectivity index is 0.00000264. The van der Waals surface area contributed by atoms with Crippen molar-refractivity contribution in [1.82, 2.24) is 9.62 Å². The fourth-order valence-corrected chi connectivity index (χ4v) is 4.57. The van der Waals surface area contributed by atoms with Gasteiger partial charge in [0, 0.05) is 25.2 Å². The molecule has 1 N–H and O–H groups in total. The van der Waals surface area contributed by atoms with Crippen molar-refractivity contribution in [2.45, 2.75) is 37.8 Å². The van der Waals surface area contributed by atoms with Gasteiger partial charge in [0.05, 0.1) is 17.6 Å². The van der Waals surface area contributed by atoms with E-state index in [1.54, 1.807) is 19.1 Å². The number of halogens is 1. The molecule has 1 aliphatic rings. The van der Waals surface area contributed by atoms with E-state index in [2.05, 4.69) is 10.1 Å². The first kappa shape index (κ1) is 19.9. The summed E-state index contributed by atoms with van der Waals surface area (Å²) in [5, 5.41) is 3.26. The SMILES string of the molecule is COC(=O)c1ccc(C)c(S(=O)(=O)N2CCNC(C)C2C)c1.Cl. The minimum absolute atomic E-state index is 0. The summed E-state index contributed by atoms with van der Waals surface area (Å²) >= 11 is 0. The molecule has 0 aliphatic carbocycles. The monoisotopic (exact) mass is 362 g/mol. The lowest BCUT2D eigenvalue weighted by atomic mass is 10.1. The molecule has 1 heterocycles. The average Bonchev–Trinajstić information content (AvgIpc) is 2.49. The maximum absolute atomic E-state index is 13.0. The fraction of sp³-hybridized carbons (Fsp3) is 0.533. The zero-order valence-corrected chi connectivity index (χ0v) is 15.3. The van der Waals surface area contributed by atoms with Gasteiger partial charge in [-0.1, -0.05) is 6.07 Å². The number of carbonyl (C=O) groups is 1. The Morgan fingerprint density at radius 1 is 1.35 bits per heavy atom. The van der Waals surface area contributed by atoms with Crippen LogP contribution in [0.2, 0.25) is 0 Å². The highest BCUT2D eigenvalue weighted by Crippen LogP contribution is 2.25. The number of rotatable bonds is 3. The molecule has 8 heteroatoms. The molecular weight excluding hydrogens is 340 g/mol. The quantitative estimate of drug-likeness (QED) is 0.826. The summed E-state index contributed by atoms with van der Waals surface area (Å²) in [5.74, 6) is -0.543.